The van der Waals surface area contributed by atoms with E-state index in [4.69, 9.17) is 9.47 Å². The molecule has 1 saturated heterocycles. The zero-order chi connectivity index (χ0) is 17.6. The van der Waals surface area contributed by atoms with E-state index in [1.807, 2.05) is 29.2 Å². The Morgan fingerprint density at radius 3 is 2.72 bits per heavy atom. The highest BCUT2D eigenvalue weighted by atomic mass is 16.5. The summed E-state index contributed by atoms with van der Waals surface area (Å²) in [6.07, 6.45) is 2.87. The van der Waals surface area contributed by atoms with Crippen LogP contribution in [0.25, 0.3) is 0 Å². The number of aliphatic hydroxyl groups is 1. The normalized spacial score (nSPS) is 24.5. The Morgan fingerprint density at radius 1 is 1.24 bits per heavy atom. The molecule has 0 unspecified atom stereocenters. The molecule has 0 aromatic heterocycles. The average Bonchev–Trinajstić information content (AvgIpc) is 3.08. The van der Waals surface area contributed by atoms with Gasteiger partial charge in [-0.3, -0.25) is 9.69 Å². The molecule has 1 N–H and O–H groups in total. The highest BCUT2D eigenvalue weighted by Crippen LogP contribution is 2.25. The number of hydrogen-bond acceptors (Lipinski definition) is 5. The molecule has 0 spiro atoms. The van der Waals surface area contributed by atoms with Crippen LogP contribution in [0.15, 0.2) is 24.3 Å². The topological polar surface area (TPSA) is 62.2 Å². The maximum absolute atomic E-state index is 12.3. The van der Waals surface area contributed by atoms with E-state index in [-0.39, 0.29) is 24.7 Å². The highest BCUT2D eigenvalue weighted by Gasteiger charge is 2.33. The molecule has 1 aliphatic heterocycles. The van der Waals surface area contributed by atoms with Crippen molar-refractivity contribution in [2.75, 3.05) is 39.9 Å². The number of carbonyl (C=O) groups excluding carboxylic acids is 1. The monoisotopic (exact) mass is 348 g/mol. The van der Waals surface area contributed by atoms with E-state index in [2.05, 4.69) is 4.90 Å². The summed E-state index contributed by atoms with van der Waals surface area (Å²) in [6.45, 7) is 3.60. The number of rotatable bonds is 6. The number of ether oxygens (including phenoxy) is 2. The van der Waals surface area contributed by atoms with Crippen LogP contribution in [0.3, 0.4) is 0 Å². The molecule has 1 aromatic rings. The first-order valence-corrected chi connectivity index (χ1v) is 9.08. The van der Waals surface area contributed by atoms with Crippen LogP contribution >= 0.6 is 0 Å². The van der Waals surface area contributed by atoms with Gasteiger partial charge in [0.05, 0.1) is 19.8 Å². The molecule has 0 bridgehead atoms. The van der Waals surface area contributed by atoms with Gasteiger partial charge in [0.1, 0.15) is 12.4 Å². The van der Waals surface area contributed by atoms with Crippen LogP contribution in [0.5, 0.6) is 5.75 Å². The largest absolute Gasteiger partial charge is 0.497 e. The van der Waals surface area contributed by atoms with E-state index in [0.29, 0.717) is 19.7 Å². The van der Waals surface area contributed by atoms with Gasteiger partial charge in [-0.15, -0.1) is 0 Å². The Kier molecular flexibility index (Phi) is 6.29. The number of nitrogens with zero attached hydrogens (tertiary/aromatic N) is 2. The summed E-state index contributed by atoms with van der Waals surface area (Å²) in [5.74, 6) is 0.826. The fraction of sp³-hybridized carbons (Fsp3) is 0.632. The molecular formula is C19H28N2O4. The van der Waals surface area contributed by atoms with Crippen molar-refractivity contribution in [2.45, 2.75) is 38.0 Å². The number of carbonyl (C=O) groups is 1. The standard InChI is InChI=1S/C19H28N2O4/c1-24-16-5-2-4-15(12-16)13-25-14-19(23)21-10-8-20(9-11-21)17-6-3-7-18(17)22/h2,4-5,12,17-18,22H,3,6-11,13-14H2,1H3/t17-,18+/m1/s1. The number of hydrogen-bond donors (Lipinski definition) is 1. The van der Waals surface area contributed by atoms with Crippen LogP contribution in [0.4, 0.5) is 0 Å². The summed E-state index contributed by atoms with van der Waals surface area (Å²) in [7, 11) is 1.63. The third kappa shape index (κ3) is 4.71. The van der Waals surface area contributed by atoms with Crippen LogP contribution in [0.1, 0.15) is 24.8 Å². The number of aliphatic hydroxyl groups excluding tert-OH is 1. The third-order valence-electron chi connectivity index (χ3n) is 5.21. The smallest absolute Gasteiger partial charge is 0.248 e. The summed E-state index contributed by atoms with van der Waals surface area (Å²) >= 11 is 0. The zero-order valence-corrected chi connectivity index (χ0v) is 14.9. The lowest BCUT2D eigenvalue weighted by Crippen LogP contribution is -2.54. The number of piperazine rings is 1. The van der Waals surface area contributed by atoms with E-state index in [0.717, 1.165) is 43.7 Å². The number of amides is 1. The van der Waals surface area contributed by atoms with Gasteiger partial charge in [-0.05, 0) is 37.0 Å². The molecule has 1 saturated carbocycles. The van der Waals surface area contributed by atoms with Crippen molar-refractivity contribution in [1.82, 2.24) is 9.80 Å². The van der Waals surface area contributed by atoms with Crippen LogP contribution in [0, 0.1) is 0 Å². The second kappa shape index (κ2) is 8.65. The molecule has 138 valence electrons. The van der Waals surface area contributed by atoms with Gasteiger partial charge in [0.25, 0.3) is 0 Å². The van der Waals surface area contributed by atoms with Crippen molar-refractivity contribution < 1.29 is 19.4 Å². The van der Waals surface area contributed by atoms with E-state index >= 15 is 0 Å². The summed E-state index contributed by atoms with van der Waals surface area (Å²) in [5, 5.41) is 10.0. The van der Waals surface area contributed by atoms with Crippen molar-refractivity contribution in [3.8, 4) is 5.75 Å². The average molecular weight is 348 g/mol. The molecule has 2 fully saturated rings. The molecule has 1 aromatic carbocycles. The summed E-state index contributed by atoms with van der Waals surface area (Å²) in [4.78, 5) is 16.5. The lowest BCUT2D eigenvalue weighted by Gasteiger charge is -2.39. The Morgan fingerprint density at radius 2 is 2.04 bits per heavy atom. The second-order valence-electron chi connectivity index (χ2n) is 6.83. The summed E-state index contributed by atoms with van der Waals surface area (Å²) in [5.41, 5.74) is 0.993. The first kappa shape index (κ1) is 18.2. The number of methoxy groups -OCH3 is 1. The second-order valence-corrected chi connectivity index (χ2v) is 6.83. The predicted octanol–water partition coefficient (Wildman–Crippen LogP) is 1.27. The van der Waals surface area contributed by atoms with E-state index in [9.17, 15) is 9.90 Å². The lowest BCUT2D eigenvalue weighted by molar-refractivity contribution is -0.138. The van der Waals surface area contributed by atoms with Crippen molar-refractivity contribution >= 4 is 5.91 Å². The molecule has 1 aliphatic carbocycles. The quantitative estimate of drug-likeness (QED) is 0.839. The van der Waals surface area contributed by atoms with Gasteiger partial charge in [-0.25, -0.2) is 0 Å². The predicted molar refractivity (Wildman–Crippen MR) is 94.4 cm³/mol. The Labute approximate surface area is 149 Å². The third-order valence-corrected chi connectivity index (χ3v) is 5.21. The van der Waals surface area contributed by atoms with Crippen LogP contribution in [-0.4, -0.2) is 72.9 Å². The summed E-state index contributed by atoms with van der Waals surface area (Å²) < 4.78 is 10.8. The van der Waals surface area contributed by atoms with Crippen LogP contribution in [-0.2, 0) is 16.1 Å². The SMILES string of the molecule is COc1cccc(COCC(=O)N2CCN([C@@H]3CCC[C@@H]3O)CC2)c1. The van der Waals surface area contributed by atoms with Gasteiger partial charge in [0.15, 0.2) is 0 Å². The van der Waals surface area contributed by atoms with E-state index in [1.54, 1.807) is 7.11 Å². The molecule has 2 aliphatic rings. The van der Waals surface area contributed by atoms with Gasteiger partial charge in [-0.1, -0.05) is 12.1 Å². The minimum Gasteiger partial charge on any atom is -0.497 e. The summed E-state index contributed by atoms with van der Waals surface area (Å²) in [6, 6.07) is 7.95. The molecule has 1 amide bonds. The molecule has 1 heterocycles. The highest BCUT2D eigenvalue weighted by molar-refractivity contribution is 5.77. The first-order chi connectivity index (χ1) is 12.2. The Hall–Kier alpha value is -1.63. The number of benzene rings is 1. The zero-order valence-electron chi connectivity index (χ0n) is 14.9. The molecule has 25 heavy (non-hydrogen) atoms. The van der Waals surface area contributed by atoms with E-state index < -0.39 is 0 Å². The molecule has 6 nitrogen and oxygen atoms in total. The maximum atomic E-state index is 12.3. The molecular weight excluding hydrogens is 320 g/mol. The molecule has 3 rings (SSSR count). The van der Waals surface area contributed by atoms with Crippen molar-refractivity contribution in [3.05, 3.63) is 29.8 Å². The molecule has 2 atom stereocenters. The van der Waals surface area contributed by atoms with Crippen molar-refractivity contribution in [2.24, 2.45) is 0 Å². The van der Waals surface area contributed by atoms with Crippen LogP contribution < -0.4 is 4.74 Å². The van der Waals surface area contributed by atoms with Gasteiger partial charge < -0.3 is 19.5 Å². The van der Waals surface area contributed by atoms with Crippen molar-refractivity contribution in [1.29, 1.82) is 0 Å². The van der Waals surface area contributed by atoms with Gasteiger partial charge in [0.2, 0.25) is 5.91 Å². The fourth-order valence-corrected chi connectivity index (χ4v) is 3.76. The van der Waals surface area contributed by atoms with Gasteiger partial charge in [-0.2, -0.15) is 0 Å². The van der Waals surface area contributed by atoms with Gasteiger partial charge >= 0.3 is 0 Å². The molecule has 6 heteroatoms. The molecule has 0 radical (unpaired) electrons. The maximum Gasteiger partial charge on any atom is 0.248 e. The minimum absolute atomic E-state index is 0.0366. The first-order valence-electron chi connectivity index (χ1n) is 9.08. The Balaban J connectivity index is 1.39. The van der Waals surface area contributed by atoms with Crippen molar-refractivity contribution in [3.63, 3.8) is 0 Å². The van der Waals surface area contributed by atoms with E-state index in [1.165, 1.54) is 0 Å². The lowest BCUT2D eigenvalue weighted by atomic mass is 10.1. The minimum atomic E-state index is -0.201. The van der Waals surface area contributed by atoms with Crippen LogP contribution in [0.2, 0.25) is 0 Å². The Bertz CT molecular complexity index is 572. The van der Waals surface area contributed by atoms with Gasteiger partial charge in [0, 0.05) is 32.2 Å². The fourth-order valence-electron chi connectivity index (χ4n) is 3.76.